The van der Waals surface area contributed by atoms with Gasteiger partial charge in [0, 0.05) is 6.54 Å². The number of aliphatic carboxylic acids is 1. The number of benzene rings is 1. The maximum Gasteiger partial charge on any atom is 0.320 e. The first kappa shape index (κ1) is 13.1. The second-order valence-corrected chi connectivity index (χ2v) is 4.95. The van der Waals surface area contributed by atoms with Crippen LogP contribution < -0.4 is 5.73 Å². The number of likely N-dealkylation sites (tertiary alicyclic amines) is 1. The highest BCUT2D eigenvalue weighted by Crippen LogP contribution is 2.13. The third kappa shape index (κ3) is 3.55. The summed E-state index contributed by atoms with van der Waals surface area (Å²) in [4.78, 5) is 13.1. The highest BCUT2D eigenvalue weighted by atomic mass is 16.4. The number of carbonyl (C=O) groups is 1. The van der Waals surface area contributed by atoms with Crippen molar-refractivity contribution in [1.82, 2.24) is 4.90 Å². The van der Waals surface area contributed by atoms with Gasteiger partial charge in [-0.1, -0.05) is 24.3 Å². The number of carboxylic acid groups (broad SMARTS) is 1. The Bertz CT molecular complexity index is 397. The quantitative estimate of drug-likeness (QED) is 0.822. The van der Waals surface area contributed by atoms with Crippen LogP contribution in [0.5, 0.6) is 0 Å². The molecule has 2 rings (SSSR count). The summed E-state index contributed by atoms with van der Waals surface area (Å²) in [6.07, 6.45) is 2.98. The van der Waals surface area contributed by atoms with Crippen LogP contribution in [0.1, 0.15) is 24.0 Å². The van der Waals surface area contributed by atoms with E-state index in [0.717, 1.165) is 12.1 Å². The molecule has 1 fully saturated rings. The molecule has 1 aromatic rings. The molecule has 0 radical (unpaired) electrons. The number of nitrogens with zero attached hydrogens (tertiary/aromatic N) is 1. The molecule has 4 heteroatoms. The predicted molar refractivity (Wildman–Crippen MR) is 70.3 cm³/mol. The Labute approximate surface area is 107 Å². The van der Waals surface area contributed by atoms with Crippen molar-refractivity contribution in [1.29, 1.82) is 0 Å². The van der Waals surface area contributed by atoms with Crippen molar-refractivity contribution in [2.75, 3.05) is 13.1 Å². The minimum absolute atomic E-state index is 0.388. The van der Waals surface area contributed by atoms with Gasteiger partial charge in [-0.2, -0.15) is 0 Å². The summed E-state index contributed by atoms with van der Waals surface area (Å²) in [6.45, 7) is 3.36. The van der Waals surface area contributed by atoms with Crippen molar-refractivity contribution in [2.45, 2.75) is 31.8 Å². The van der Waals surface area contributed by atoms with Crippen molar-refractivity contribution < 1.29 is 9.90 Å². The van der Waals surface area contributed by atoms with Crippen LogP contribution in [0.3, 0.4) is 0 Å². The summed E-state index contributed by atoms with van der Waals surface area (Å²) in [5, 5.41) is 8.76. The Morgan fingerprint density at radius 1 is 1.22 bits per heavy atom. The van der Waals surface area contributed by atoms with Crippen LogP contribution in [0, 0.1) is 0 Å². The summed E-state index contributed by atoms with van der Waals surface area (Å²) in [6, 6.07) is 7.29. The standard InChI is InChI=1S/C14H20N2O2/c15-13(14(17)18)9-11-3-5-12(6-4-11)10-16-7-1-2-8-16/h3-6,13H,1-2,7-10,15H2,(H,17,18). The molecule has 18 heavy (non-hydrogen) atoms. The fraction of sp³-hybridized carbons (Fsp3) is 0.500. The molecule has 1 aliphatic heterocycles. The SMILES string of the molecule is NC(Cc1ccc(CN2CCCC2)cc1)C(=O)O. The van der Waals surface area contributed by atoms with E-state index in [2.05, 4.69) is 17.0 Å². The maximum absolute atomic E-state index is 10.7. The van der Waals surface area contributed by atoms with Crippen molar-refractivity contribution in [3.05, 3.63) is 35.4 Å². The van der Waals surface area contributed by atoms with E-state index >= 15 is 0 Å². The van der Waals surface area contributed by atoms with Gasteiger partial charge in [-0.3, -0.25) is 9.69 Å². The molecule has 0 aliphatic carbocycles. The molecule has 1 aromatic carbocycles. The number of nitrogens with two attached hydrogens (primary N) is 1. The molecule has 0 bridgehead atoms. The predicted octanol–water partition coefficient (Wildman–Crippen LogP) is 1.24. The highest BCUT2D eigenvalue weighted by Gasteiger charge is 2.13. The van der Waals surface area contributed by atoms with Gasteiger partial charge in [-0.05, 0) is 43.5 Å². The summed E-state index contributed by atoms with van der Waals surface area (Å²) < 4.78 is 0. The Hall–Kier alpha value is -1.39. The van der Waals surface area contributed by atoms with Crippen molar-refractivity contribution >= 4 is 5.97 Å². The summed E-state index contributed by atoms with van der Waals surface area (Å²) in [5.74, 6) is -0.948. The molecular formula is C14H20N2O2. The maximum atomic E-state index is 10.7. The summed E-state index contributed by atoms with van der Waals surface area (Å²) in [7, 11) is 0. The van der Waals surface area contributed by atoms with Crippen molar-refractivity contribution in [3.8, 4) is 0 Å². The summed E-state index contributed by atoms with van der Waals surface area (Å²) >= 11 is 0. The zero-order valence-electron chi connectivity index (χ0n) is 10.5. The van der Waals surface area contributed by atoms with E-state index in [9.17, 15) is 4.79 Å². The minimum Gasteiger partial charge on any atom is -0.480 e. The van der Waals surface area contributed by atoms with Gasteiger partial charge in [0.05, 0.1) is 0 Å². The fourth-order valence-electron chi connectivity index (χ4n) is 2.32. The normalized spacial score (nSPS) is 17.8. The van der Waals surface area contributed by atoms with Crippen LogP contribution in [0.2, 0.25) is 0 Å². The fourth-order valence-corrected chi connectivity index (χ4v) is 2.32. The van der Waals surface area contributed by atoms with Gasteiger partial charge in [0.25, 0.3) is 0 Å². The lowest BCUT2D eigenvalue weighted by Crippen LogP contribution is -2.32. The van der Waals surface area contributed by atoms with Crippen molar-refractivity contribution in [2.24, 2.45) is 5.73 Å². The van der Waals surface area contributed by atoms with E-state index in [1.54, 1.807) is 0 Å². The lowest BCUT2D eigenvalue weighted by atomic mass is 10.0. The first-order valence-corrected chi connectivity index (χ1v) is 6.44. The van der Waals surface area contributed by atoms with Crippen LogP contribution in [0.15, 0.2) is 24.3 Å². The third-order valence-electron chi connectivity index (χ3n) is 3.40. The van der Waals surface area contributed by atoms with Crippen molar-refractivity contribution in [3.63, 3.8) is 0 Å². The molecule has 0 saturated carbocycles. The molecule has 4 nitrogen and oxygen atoms in total. The number of carboxylic acids is 1. The third-order valence-corrected chi connectivity index (χ3v) is 3.40. The first-order valence-electron chi connectivity index (χ1n) is 6.44. The number of rotatable bonds is 5. The molecule has 1 unspecified atom stereocenters. The molecule has 0 spiro atoms. The van der Waals surface area contributed by atoms with Gasteiger partial charge >= 0.3 is 5.97 Å². The Morgan fingerprint density at radius 3 is 2.33 bits per heavy atom. The van der Waals surface area contributed by atoms with Gasteiger partial charge in [0.15, 0.2) is 0 Å². The van der Waals surface area contributed by atoms with E-state index in [1.165, 1.54) is 31.5 Å². The van der Waals surface area contributed by atoms with Crippen LogP contribution in [0.25, 0.3) is 0 Å². The van der Waals surface area contributed by atoms with Gasteiger partial charge in [-0.25, -0.2) is 0 Å². The van der Waals surface area contributed by atoms with Crippen LogP contribution in [0.4, 0.5) is 0 Å². The zero-order chi connectivity index (χ0) is 13.0. The molecule has 0 aromatic heterocycles. The molecule has 1 atom stereocenters. The smallest absolute Gasteiger partial charge is 0.320 e. The second-order valence-electron chi connectivity index (χ2n) is 4.95. The minimum atomic E-state index is -0.948. The van der Waals surface area contributed by atoms with Gasteiger partial charge in [0.1, 0.15) is 6.04 Å². The Morgan fingerprint density at radius 2 is 1.78 bits per heavy atom. The second kappa shape index (κ2) is 5.98. The van der Waals surface area contributed by atoms with Gasteiger partial charge in [-0.15, -0.1) is 0 Å². The largest absolute Gasteiger partial charge is 0.480 e. The van der Waals surface area contributed by atoms with Crippen LogP contribution in [-0.2, 0) is 17.8 Å². The van der Waals surface area contributed by atoms with Gasteiger partial charge in [0.2, 0.25) is 0 Å². The molecule has 1 aliphatic rings. The Kier molecular flexibility index (Phi) is 4.33. The summed E-state index contributed by atoms with van der Waals surface area (Å²) in [5.41, 5.74) is 7.77. The molecule has 3 N–H and O–H groups in total. The van der Waals surface area contributed by atoms with Crippen LogP contribution in [-0.4, -0.2) is 35.1 Å². The average Bonchev–Trinajstić information content (AvgIpc) is 2.84. The Balaban J connectivity index is 1.90. The highest BCUT2D eigenvalue weighted by molar-refractivity contribution is 5.73. The van der Waals surface area contributed by atoms with E-state index in [1.807, 2.05) is 12.1 Å². The number of hydrogen-bond donors (Lipinski definition) is 2. The van der Waals surface area contributed by atoms with E-state index in [4.69, 9.17) is 10.8 Å². The number of hydrogen-bond acceptors (Lipinski definition) is 3. The van der Waals surface area contributed by atoms with E-state index in [0.29, 0.717) is 6.42 Å². The lowest BCUT2D eigenvalue weighted by Gasteiger charge is -2.15. The first-order chi connectivity index (χ1) is 8.65. The molecule has 0 amide bonds. The molecule has 1 heterocycles. The monoisotopic (exact) mass is 248 g/mol. The van der Waals surface area contributed by atoms with E-state index < -0.39 is 12.0 Å². The molecule has 1 saturated heterocycles. The lowest BCUT2D eigenvalue weighted by molar-refractivity contribution is -0.138. The van der Waals surface area contributed by atoms with Crippen LogP contribution >= 0.6 is 0 Å². The zero-order valence-corrected chi connectivity index (χ0v) is 10.5. The average molecular weight is 248 g/mol. The molecular weight excluding hydrogens is 228 g/mol. The molecule has 98 valence electrons. The van der Waals surface area contributed by atoms with Gasteiger partial charge < -0.3 is 10.8 Å². The van der Waals surface area contributed by atoms with E-state index in [-0.39, 0.29) is 0 Å². The topological polar surface area (TPSA) is 66.6 Å².